The van der Waals surface area contributed by atoms with Crippen molar-refractivity contribution in [2.24, 2.45) is 5.92 Å². The Labute approximate surface area is 171 Å². The highest BCUT2D eigenvalue weighted by Crippen LogP contribution is 2.19. The standard InChI is InChI=1S/C21H31N5O3/c1-2-19(27)24-16-7-9-17(10-8-16)25-21(29)26-12-4-5-15(14-26)13-23-20(28)18-6-3-11-22-18/h7-10,15,18,22H,2-6,11-14H2,1H3,(H,23,28)(H,24,27)(H,25,29). The van der Waals surface area contributed by atoms with Crippen LogP contribution in [0, 0.1) is 5.92 Å². The van der Waals surface area contributed by atoms with Crippen molar-refractivity contribution < 1.29 is 14.4 Å². The molecule has 158 valence electrons. The molecule has 2 aliphatic heterocycles. The second-order valence-electron chi connectivity index (χ2n) is 7.76. The van der Waals surface area contributed by atoms with Crippen LogP contribution in [-0.2, 0) is 9.59 Å². The Balaban J connectivity index is 1.45. The predicted molar refractivity (Wildman–Crippen MR) is 113 cm³/mol. The van der Waals surface area contributed by atoms with Gasteiger partial charge >= 0.3 is 6.03 Å². The zero-order chi connectivity index (χ0) is 20.6. The number of nitrogens with zero attached hydrogens (tertiary/aromatic N) is 1. The van der Waals surface area contributed by atoms with E-state index in [1.54, 1.807) is 36.1 Å². The van der Waals surface area contributed by atoms with Crippen LogP contribution in [0.25, 0.3) is 0 Å². The molecule has 2 saturated heterocycles. The third-order valence-corrected chi connectivity index (χ3v) is 5.49. The minimum Gasteiger partial charge on any atom is -0.354 e. The van der Waals surface area contributed by atoms with Crippen LogP contribution in [0.2, 0.25) is 0 Å². The molecular weight excluding hydrogens is 370 g/mol. The van der Waals surface area contributed by atoms with Gasteiger partial charge in [-0.3, -0.25) is 9.59 Å². The van der Waals surface area contributed by atoms with Gasteiger partial charge in [-0.15, -0.1) is 0 Å². The summed E-state index contributed by atoms with van der Waals surface area (Å²) in [6.45, 7) is 4.65. The van der Waals surface area contributed by atoms with Crippen LogP contribution in [0.3, 0.4) is 0 Å². The summed E-state index contributed by atoms with van der Waals surface area (Å²) in [5.74, 6) is 0.294. The third-order valence-electron chi connectivity index (χ3n) is 5.49. The molecule has 1 aromatic rings. The zero-order valence-electron chi connectivity index (χ0n) is 17.0. The van der Waals surface area contributed by atoms with E-state index in [0.29, 0.717) is 37.4 Å². The number of benzene rings is 1. The average molecular weight is 402 g/mol. The van der Waals surface area contributed by atoms with Crippen molar-refractivity contribution in [3.63, 3.8) is 0 Å². The van der Waals surface area contributed by atoms with Gasteiger partial charge in [0.2, 0.25) is 11.8 Å². The Hall–Kier alpha value is -2.61. The van der Waals surface area contributed by atoms with Gasteiger partial charge in [0.1, 0.15) is 0 Å². The minimum atomic E-state index is -0.135. The highest BCUT2D eigenvalue weighted by molar-refractivity contribution is 5.92. The highest BCUT2D eigenvalue weighted by atomic mass is 16.2. The van der Waals surface area contributed by atoms with Crippen molar-refractivity contribution in [2.45, 2.75) is 45.1 Å². The van der Waals surface area contributed by atoms with Crippen LogP contribution in [0.4, 0.5) is 16.2 Å². The Morgan fingerprint density at radius 1 is 1.07 bits per heavy atom. The number of anilines is 2. The van der Waals surface area contributed by atoms with E-state index in [4.69, 9.17) is 0 Å². The molecule has 3 rings (SSSR count). The summed E-state index contributed by atoms with van der Waals surface area (Å²) in [6.07, 6.45) is 4.30. The van der Waals surface area contributed by atoms with Crippen LogP contribution in [0.5, 0.6) is 0 Å². The van der Waals surface area contributed by atoms with Gasteiger partial charge in [-0.05, 0) is 62.4 Å². The summed E-state index contributed by atoms with van der Waals surface area (Å²) in [6, 6.07) is 6.90. The predicted octanol–water partition coefficient (Wildman–Crippen LogP) is 2.15. The second kappa shape index (κ2) is 10.2. The molecule has 0 aromatic heterocycles. The van der Waals surface area contributed by atoms with Gasteiger partial charge in [0.15, 0.2) is 0 Å². The molecule has 29 heavy (non-hydrogen) atoms. The molecule has 2 heterocycles. The summed E-state index contributed by atoms with van der Waals surface area (Å²) < 4.78 is 0. The van der Waals surface area contributed by atoms with Crippen molar-refractivity contribution in [1.82, 2.24) is 15.5 Å². The lowest BCUT2D eigenvalue weighted by Gasteiger charge is -2.33. The lowest BCUT2D eigenvalue weighted by molar-refractivity contribution is -0.123. The Bertz CT molecular complexity index is 716. The van der Waals surface area contributed by atoms with E-state index in [9.17, 15) is 14.4 Å². The molecule has 8 nitrogen and oxygen atoms in total. The number of piperidine rings is 1. The SMILES string of the molecule is CCC(=O)Nc1ccc(NC(=O)N2CCCC(CNC(=O)C3CCCN3)C2)cc1. The number of carbonyl (C=O) groups excluding carboxylic acids is 3. The van der Waals surface area contributed by atoms with E-state index in [0.717, 1.165) is 32.2 Å². The van der Waals surface area contributed by atoms with Crippen molar-refractivity contribution in [3.05, 3.63) is 24.3 Å². The molecule has 2 aliphatic rings. The van der Waals surface area contributed by atoms with Gasteiger partial charge in [-0.25, -0.2) is 4.79 Å². The average Bonchev–Trinajstić information content (AvgIpc) is 3.28. The zero-order valence-corrected chi connectivity index (χ0v) is 17.0. The van der Waals surface area contributed by atoms with Gasteiger partial charge in [0.25, 0.3) is 0 Å². The maximum absolute atomic E-state index is 12.6. The van der Waals surface area contributed by atoms with Crippen molar-refractivity contribution in [2.75, 3.05) is 36.8 Å². The van der Waals surface area contributed by atoms with Crippen LogP contribution in [-0.4, -0.2) is 55.0 Å². The number of rotatable bonds is 6. The first-order chi connectivity index (χ1) is 14.0. The highest BCUT2D eigenvalue weighted by Gasteiger charge is 2.26. The van der Waals surface area contributed by atoms with Crippen LogP contribution in [0.15, 0.2) is 24.3 Å². The monoisotopic (exact) mass is 401 g/mol. The smallest absolute Gasteiger partial charge is 0.321 e. The fraction of sp³-hybridized carbons (Fsp3) is 0.571. The van der Waals surface area contributed by atoms with Gasteiger partial charge in [-0.1, -0.05) is 6.92 Å². The second-order valence-corrected chi connectivity index (χ2v) is 7.76. The Morgan fingerprint density at radius 3 is 2.45 bits per heavy atom. The fourth-order valence-corrected chi connectivity index (χ4v) is 3.78. The van der Waals surface area contributed by atoms with E-state index >= 15 is 0 Å². The minimum absolute atomic E-state index is 0.0445. The lowest BCUT2D eigenvalue weighted by Crippen LogP contribution is -2.47. The molecule has 2 unspecified atom stereocenters. The Kier molecular flexibility index (Phi) is 7.46. The van der Waals surface area contributed by atoms with Gasteiger partial charge < -0.3 is 26.2 Å². The molecule has 4 amide bonds. The first kappa shape index (κ1) is 21.1. The molecule has 0 radical (unpaired) electrons. The van der Waals surface area contributed by atoms with Gasteiger partial charge in [0.05, 0.1) is 6.04 Å². The summed E-state index contributed by atoms with van der Waals surface area (Å²) in [7, 11) is 0. The quantitative estimate of drug-likeness (QED) is 0.586. The van der Waals surface area contributed by atoms with E-state index in [2.05, 4.69) is 21.3 Å². The summed E-state index contributed by atoms with van der Waals surface area (Å²) in [5.41, 5.74) is 1.40. The lowest BCUT2D eigenvalue weighted by atomic mass is 9.98. The topological polar surface area (TPSA) is 103 Å². The molecule has 0 saturated carbocycles. The number of hydrogen-bond acceptors (Lipinski definition) is 4. The Morgan fingerprint density at radius 2 is 1.79 bits per heavy atom. The summed E-state index contributed by atoms with van der Waals surface area (Å²) >= 11 is 0. The number of hydrogen-bond donors (Lipinski definition) is 4. The molecule has 1 aromatic carbocycles. The maximum atomic E-state index is 12.6. The van der Waals surface area contributed by atoms with E-state index < -0.39 is 0 Å². The number of carbonyl (C=O) groups is 3. The largest absolute Gasteiger partial charge is 0.354 e. The number of likely N-dealkylation sites (tertiary alicyclic amines) is 1. The molecule has 2 atom stereocenters. The van der Waals surface area contributed by atoms with E-state index in [1.165, 1.54) is 0 Å². The fourth-order valence-electron chi connectivity index (χ4n) is 3.78. The van der Waals surface area contributed by atoms with Gasteiger partial charge in [0, 0.05) is 37.4 Å². The molecule has 4 N–H and O–H groups in total. The molecule has 0 aliphatic carbocycles. The first-order valence-corrected chi connectivity index (χ1v) is 10.5. The van der Waals surface area contributed by atoms with Crippen LogP contribution >= 0.6 is 0 Å². The number of urea groups is 1. The maximum Gasteiger partial charge on any atom is 0.321 e. The molecular formula is C21H31N5O3. The first-order valence-electron chi connectivity index (χ1n) is 10.5. The molecule has 8 heteroatoms. The summed E-state index contributed by atoms with van der Waals surface area (Å²) in [5, 5.41) is 11.9. The number of amides is 4. The molecule has 2 fully saturated rings. The van der Waals surface area contributed by atoms with Crippen molar-refractivity contribution in [3.8, 4) is 0 Å². The van der Waals surface area contributed by atoms with Crippen molar-refractivity contribution >= 4 is 29.2 Å². The van der Waals surface area contributed by atoms with Crippen LogP contribution in [0.1, 0.15) is 39.0 Å². The van der Waals surface area contributed by atoms with Crippen LogP contribution < -0.4 is 21.3 Å². The normalized spacial score (nSPS) is 21.5. The number of nitrogens with one attached hydrogen (secondary N) is 4. The van der Waals surface area contributed by atoms with Crippen molar-refractivity contribution in [1.29, 1.82) is 0 Å². The molecule has 0 spiro atoms. The van der Waals surface area contributed by atoms with E-state index in [1.807, 2.05) is 0 Å². The molecule has 0 bridgehead atoms. The summed E-state index contributed by atoms with van der Waals surface area (Å²) in [4.78, 5) is 38.0. The third kappa shape index (κ3) is 6.19. The van der Waals surface area contributed by atoms with E-state index in [-0.39, 0.29) is 29.8 Å². The van der Waals surface area contributed by atoms with Gasteiger partial charge in [-0.2, -0.15) is 0 Å².